The van der Waals surface area contributed by atoms with E-state index in [-0.39, 0.29) is 11.4 Å². The van der Waals surface area contributed by atoms with E-state index >= 15 is 0 Å². The number of nitro benzene ring substituents is 1. The molecule has 0 fully saturated rings. The number of amides is 1. The SMILES string of the molecule is Cc1ccc([N+](=O)[O-])cc1NC(=O)c1ccc(=O)[nH]n1. The van der Waals surface area contributed by atoms with Crippen LogP contribution in [0.1, 0.15) is 16.1 Å². The Morgan fingerprint density at radius 2 is 2.10 bits per heavy atom. The predicted octanol–water partition coefficient (Wildman–Crippen LogP) is 1.24. The molecule has 20 heavy (non-hydrogen) atoms. The molecule has 0 unspecified atom stereocenters. The largest absolute Gasteiger partial charge is 0.320 e. The fraction of sp³-hybridized carbons (Fsp3) is 0.0833. The summed E-state index contributed by atoms with van der Waals surface area (Å²) in [5.41, 5.74) is 0.453. The van der Waals surface area contributed by atoms with Crippen molar-refractivity contribution in [1.82, 2.24) is 10.2 Å². The highest BCUT2D eigenvalue weighted by Gasteiger charge is 2.13. The topological polar surface area (TPSA) is 118 Å². The van der Waals surface area contributed by atoms with Crippen LogP contribution in [0, 0.1) is 17.0 Å². The third-order valence-corrected chi connectivity index (χ3v) is 2.59. The van der Waals surface area contributed by atoms with E-state index in [0.29, 0.717) is 11.3 Å². The van der Waals surface area contributed by atoms with E-state index in [1.54, 1.807) is 6.92 Å². The molecule has 0 aliphatic carbocycles. The smallest absolute Gasteiger partial charge is 0.276 e. The number of aromatic amines is 1. The number of carbonyl (C=O) groups excluding carboxylic acids is 1. The molecule has 0 atom stereocenters. The van der Waals surface area contributed by atoms with Crippen molar-refractivity contribution >= 4 is 17.3 Å². The Balaban J connectivity index is 2.27. The number of hydrogen-bond donors (Lipinski definition) is 2. The number of H-pyrrole nitrogens is 1. The molecule has 1 aromatic heterocycles. The summed E-state index contributed by atoms with van der Waals surface area (Å²) in [5.74, 6) is -0.565. The Morgan fingerprint density at radius 3 is 2.70 bits per heavy atom. The van der Waals surface area contributed by atoms with E-state index in [1.165, 1.54) is 30.3 Å². The van der Waals surface area contributed by atoms with Crippen molar-refractivity contribution in [2.24, 2.45) is 0 Å². The molecule has 0 saturated heterocycles. The van der Waals surface area contributed by atoms with Gasteiger partial charge in [-0.05, 0) is 18.6 Å². The van der Waals surface area contributed by atoms with Crippen molar-refractivity contribution in [3.8, 4) is 0 Å². The van der Waals surface area contributed by atoms with Crippen LogP contribution in [0.4, 0.5) is 11.4 Å². The van der Waals surface area contributed by atoms with Crippen LogP contribution in [-0.4, -0.2) is 21.0 Å². The summed E-state index contributed by atoms with van der Waals surface area (Å²) in [5, 5.41) is 18.9. The van der Waals surface area contributed by atoms with Crippen molar-refractivity contribution in [3.63, 3.8) is 0 Å². The van der Waals surface area contributed by atoms with Gasteiger partial charge in [-0.25, -0.2) is 5.10 Å². The summed E-state index contributed by atoms with van der Waals surface area (Å²) in [6.07, 6.45) is 0. The van der Waals surface area contributed by atoms with Crippen molar-refractivity contribution in [2.45, 2.75) is 6.92 Å². The lowest BCUT2D eigenvalue weighted by molar-refractivity contribution is -0.384. The molecule has 0 saturated carbocycles. The lowest BCUT2D eigenvalue weighted by atomic mass is 10.1. The monoisotopic (exact) mass is 274 g/mol. The summed E-state index contributed by atoms with van der Waals surface area (Å²) in [7, 11) is 0. The van der Waals surface area contributed by atoms with Crippen molar-refractivity contribution in [3.05, 3.63) is 62.1 Å². The Labute approximate surface area is 112 Å². The quantitative estimate of drug-likeness (QED) is 0.644. The second-order valence-corrected chi connectivity index (χ2v) is 4.02. The van der Waals surface area contributed by atoms with Gasteiger partial charge in [-0.3, -0.25) is 19.7 Å². The third-order valence-electron chi connectivity index (χ3n) is 2.59. The lowest BCUT2D eigenvalue weighted by Gasteiger charge is -2.07. The molecular weight excluding hydrogens is 264 g/mol. The molecule has 1 aromatic carbocycles. The molecule has 2 N–H and O–H groups in total. The number of nitrogens with one attached hydrogen (secondary N) is 2. The van der Waals surface area contributed by atoms with Gasteiger partial charge in [0, 0.05) is 18.2 Å². The Bertz CT molecular complexity index is 718. The summed E-state index contributed by atoms with van der Waals surface area (Å²) in [6.45, 7) is 1.71. The highest BCUT2D eigenvalue weighted by Crippen LogP contribution is 2.22. The van der Waals surface area contributed by atoms with E-state index < -0.39 is 16.4 Å². The van der Waals surface area contributed by atoms with Gasteiger partial charge in [0.2, 0.25) is 0 Å². The zero-order valence-corrected chi connectivity index (χ0v) is 10.4. The number of rotatable bonds is 3. The Hall–Kier alpha value is -3.03. The van der Waals surface area contributed by atoms with Gasteiger partial charge in [0.1, 0.15) is 5.69 Å². The number of hydrogen-bond acceptors (Lipinski definition) is 5. The summed E-state index contributed by atoms with van der Waals surface area (Å²) < 4.78 is 0. The molecule has 1 amide bonds. The second-order valence-electron chi connectivity index (χ2n) is 4.02. The van der Waals surface area contributed by atoms with Crippen LogP contribution in [0.2, 0.25) is 0 Å². The first kappa shape index (κ1) is 13.4. The van der Waals surface area contributed by atoms with E-state index in [1.807, 2.05) is 0 Å². The number of nitrogens with zero attached hydrogens (tertiary/aromatic N) is 2. The molecule has 1 heterocycles. The first-order valence-electron chi connectivity index (χ1n) is 5.59. The molecular formula is C12H10N4O4. The normalized spacial score (nSPS) is 10.1. The zero-order chi connectivity index (χ0) is 14.7. The Morgan fingerprint density at radius 1 is 1.35 bits per heavy atom. The molecule has 0 bridgehead atoms. The highest BCUT2D eigenvalue weighted by atomic mass is 16.6. The predicted molar refractivity (Wildman–Crippen MR) is 70.6 cm³/mol. The van der Waals surface area contributed by atoms with Gasteiger partial charge in [0.25, 0.3) is 17.2 Å². The second kappa shape index (κ2) is 5.31. The number of nitro groups is 1. The highest BCUT2D eigenvalue weighted by molar-refractivity contribution is 6.03. The molecule has 8 heteroatoms. The minimum atomic E-state index is -0.565. The Kier molecular flexibility index (Phi) is 3.56. The fourth-order valence-corrected chi connectivity index (χ4v) is 1.52. The van der Waals surface area contributed by atoms with Crippen LogP contribution in [0.15, 0.2) is 35.1 Å². The molecule has 0 aliphatic heterocycles. The summed E-state index contributed by atoms with van der Waals surface area (Å²) in [4.78, 5) is 32.9. The maximum Gasteiger partial charge on any atom is 0.276 e. The lowest BCUT2D eigenvalue weighted by Crippen LogP contribution is -2.18. The fourth-order valence-electron chi connectivity index (χ4n) is 1.52. The van der Waals surface area contributed by atoms with Gasteiger partial charge in [-0.15, -0.1) is 0 Å². The number of aromatic nitrogens is 2. The molecule has 0 spiro atoms. The van der Waals surface area contributed by atoms with E-state index in [9.17, 15) is 19.7 Å². The maximum atomic E-state index is 11.9. The van der Waals surface area contributed by atoms with Crippen molar-refractivity contribution < 1.29 is 9.72 Å². The minimum Gasteiger partial charge on any atom is -0.320 e. The van der Waals surface area contributed by atoms with Crippen LogP contribution >= 0.6 is 0 Å². The van der Waals surface area contributed by atoms with E-state index in [4.69, 9.17) is 0 Å². The first-order valence-corrected chi connectivity index (χ1v) is 5.59. The molecule has 2 rings (SSSR count). The minimum absolute atomic E-state index is 0.00973. The average Bonchev–Trinajstić information content (AvgIpc) is 2.41. The van der Waals surface area contributed by atoms with Gasteiger partial charge >= 0.3 is 0 Å². The van der Waals surface area contributed by atoms with Crippen molar-refractivity contribution in [2.75, 3.05) is 5.32 Å². The van der Waals surface area contributed by atoms with Gasteiger partial charge in [0.05, 0.1) is 10.6 Å². The molecule has 102 valence electrons. The zero-order valence-electron chi connectivity index (χ0n) is 10.4. The molecule has 2 aromatic rings. The summed E-state index contributed by atoms with van der Waals surface area (Å²) in [6, 6.07) is 6.58. The standard InChI is InChI=1S/C12H10N4O4/c1-7-2-3-8(16(19)20)6-10(7)13-12(18)9-4-5-11(17)15-14-9/h2-6H,1H3,(H,13,18)(H,15,17). The van der Waals surface area contributed by atoms with E-state index in [0.717, 1.165) is 0 Å². The van der Waals surface area contributed by atoms with Gasteiger partial charge in [0.15, 0.2) is 0 Å². The van der Waals surface area contributed by atoms with Crippen molar-refractivity contribution in [1.29, 1.82) is 0 Å². The van der Waals surface area contributed by atoms with Gasteiger partial charge in [-0.1, -0.05) is 6.07 Å². The van der Waals surface area contributed by atoms with Crippen LogP contribution in [0.25, 0.3) is 0 Å². The molecule has 8 nitrogen and oxygen atoms in total. The average molecular weight is 274 g/mol. The molecule has 0 aliphatic rings. The number of anilines is 1. The summed E-state index contributed by atoms with van der Waals surface area (Å²) >= 11 is 0. The third kappa shape index (κ3) is 2.86. The first-order chi connectivity index (χ1) is 9.47. The van der Waals surface area contributed by atoms with Crippen LogP contribution in [-0.2, 0) is 0 Å². The maximum absolute atomic E-state index is 11.9. The van der Waals surface area contributed by atoms with Crippen LogP contribution < -0.4 is 10.9 Å². The van der Waals surface area contributed by atoms with Crippen LogP contribution in [0.5, 0.6) is 0 Å². The van der Waals surface area contributed by atoms with Gasteiger partial charge in [-0.2, -0.15) is 5.10 Å². The van der Waals surface area contributed by atoms with E-state index in [2.05, 4.69) is 15.5 Å². The van der Waals surface area contributed by atoms with Gasteiger partial charge < -0.3 is 5.32 Å². The number of aryl methyl sites for hydroxylation is 1. The molecule has 0 radical (unpaired) electrons. The van der Waals surface area contributed by atoms with Crippen LogP contribution in [0.3, 0.4) is 0 Å². The number of non-ortho nitro benzene ring substituents is 1. The number of carbonyl (C=O) groups is 1. The number of benzene rings is 1.